The Morgan fingerprint density at radius 2 is 1.72 bits per heavy atom. The van der Waals surface area contributed by atoms with Crippen molar-refractivity contribution in [1.29, 1.82) is 0 Å². The Balaban J connectivity index is 1.27. The van der Waals surface area contributed by atoms with E-state index in [1.54, 1.807) is 0 Å². The first-order valence-electron chi connectivity index (χ1n) is 12.8. The van der Waals surface area contributed by atoms with Gasteiger partial charge in [0.15, 0.2) is 0 Å². The fourth-order valence-electron chi connectivity index (χ4n) is 4.47. The van der Waals surface area contributed by atoms with Gasteiger partial charge in [0.05, 0.1) is 43.8 Å². The first kappa shape index (κ1) is 28.9. The van der Waals surface area contributed by atoms with E-state index in [0.717, 1.165) is 37.9 Å². The van der Waals surface area contributed by atoms with E-state index in [0.29, 0.717) is 43.5 Å². The molecule has 0 aliphatic carbocycles. The predicted molar refractivity (Wildman–Crippen MR) is 139 cm³/mol. The minimum absolute atomic E-state index is 0.0729. The van der Waals surface area contributed by atoms with Crippen LogP contribution in [0.25, 0.3) is 0 Å². The second-order valence-corrected chi connectivity index (χ2v) is 9.37. The summed E-state index contributed by atoms with van der Waals surface area (Å²) >= 11 is 0. The first-order valence-corrected chi connectivity index (χ1v) is 12.8. The van der Waals surface area contributed by atoms with Gasteiger partial charge in [0.25, 0.3) is 5.91 Å². The Hall–Kier alpha value is -3.10. The third-order valence-electron chi connectivity index (χ3n) is 6.59. The molecule has 0 bridgehead atoms. The van der Waals surface area contributed by atoms with E-state index in [9.17, 15) is 28.3 Å². The largest absolute Gasteiger partial charge is 0.389 e. The minimum Gasteiger partial charge on any atom is -0.389 e. The van der Waals surface area contributed by atoms with E-state index in [4.69, 9.17) is 9.57 Å². The lowest BCUT2D eigenvalue weighted by Gasteiger charge is -2.29. The van der Waals surface area contributed by atoms with Crippen molar-refractivity contribution >= 4 is 23.0 Å². The van der Waals surface area contributed by atoms with Crippen molar-refractivity contribution in [2.45, 2.75) is 19.1 Å². The predicted octanol–water partition coefficient (Wildman–Crippen LogP) is 1.85. The van der Waals surface area contributed by atoms with E-state index in [-0.39, 0.29) is 5.69 Å². The highest BCUT2D eigenvalue weighted by Gasteiger charge is 2.21. The summed E-state index contributed by atoms with van der Waals surface area (Å²) in [5, 5.41) is 24.4. The normalized spacial score (nSPS) is 17.7. The van der Waals surface area contributed by atoms with Crippen LogP contribution < -0.4 is 20.2 Å². The van der Waals surface area contributed by atoms with Crippen molar-refractivity contribution in [1.82, 2.24) is 10.4 Å². The van der Waals surface area contributed by atoms with E-state index in [1.807, 2.05) is 15.3 Å². The number of morpholine rings is 1. The number of rotatable bonds is 10. The minimum atomic E-state index is -3.20. The SMILES string of the molecule is O=C(NC[C@H](O)CN(O)c1ccc(N2CCON(Cc3ccc(N4CCOCC4)cc3)CC2)c(F)c1)C(F)F. The summed E-state index contributed by atoms with van der Waals surface area (Å²) in [6, 6.07) is 12.5. The molecule has 10 nitrogen and oxygen atoms in total. The Morgan fingerprint density at radius 1 is 1.00 bits per heavy atom. The number of hydrogen-bond donors (Lipinski definition) is 3. The fourth-order valence-corrected chi connectivity index (χ4v) is 4.47. The topological polar surface area (TPSA) is 101 Å². The third-order valence-corrected chi connectivity index (χ3v) is 6.59. The Bertz CT molecular complexity index is 1070. The number of aliphatic hydroxyl groups excluding tert-OH is 1. The van der Waals surface area contributed by atoms with E-state index in [1.165, 1.54) is 17.8 Å². The van der Waals surface area contributed by atoms with Crippen LogP contribution in [-0.2, 0) is 20.9 Å². The number of carbonyl (C=O) groups excluding carboxylic acids is 1. The summed E-state index contributed by atoms with van der Waals surface area (Å²) < 4.78 is 44.9. The molecule has 2 aromatic carbocycles. The van der Waals surface area contributed by atoms with E-state index in [2.05, 4.69) is 29.2 Å². The van der Waals surface area contributed by atoms with Crippen LogP contribution in [0.5, 0.6) is 0 Å². The average Bonchev–Trinajstić information content (AvgIpc) is 3.17. The number of halogens is 3. The highest BCUT2D eigenvalue weighted by molar-refractivity contribution is 5.79. The molecule has 2 aliphatic rings. The lowest BCUT2D eigenvalue weighted by molar-refractivity contribution is -0.154. The Kier molecular flexibility index (Phi) is 10.2. The molecule has 0 unspecified atom stereocenters. The van der Waals surface area contributed by atoms with Gasteiger partial charge in [-0.3, -0.25) is 19.9 Å². The summed E-state index contributed by atoms with van der Waals surface area (Å²) in [7, 11) is 0. The number of hydrogen-bond acceptors (Lipinski definition) is 9. The standard InChI is InChI=1S/C26H34F3N5O5/c27-23-15-21(34(37)18-22(35)16-30-26(36)25(28)29)5-6-24(23)32-7-8-33(39-14-11-32)17-19-1-3-20(4-2-19)31-9-12-38-13-10-31/h1-6,15,22,25,35,37H,7-14,16-18H2,(H,30,36)/t22-/m0/s1. The monoisotopic (exact) mass is 553 g/mol. The van der Waals surface area contributed by atoms with Crippen LogP contribution in [0, 0.1) is 5.82 Å². The second kappa shape index (κ2) is 13.8. The summed E-state index contributed by atoms with van der Waals surface area (Å²) in [4.78, 5) is 21.0. The molecule has 214 valence electrons. The van der Waals surface area contributed by atoms with Gasteiger partial charge in [0.1, 0.15) is 5.82 Å². The third kappa shape index (κ3) is 8.19. The van der Waals surface area contributed by atoms with Crippen LogP contribution in [0.3, 0.4) is 0 Å². The summed E-state index contributed by atoms with van der Waals surface area (Å²) in [5.41, 5.74) is 2.69. The zero-order chi connectivity index (χ0) is 27.8. The highest BCUT2D eigenvalue weighted by Crippen LogP contribution is 2.26. The molecule has 2 saturated heterocycles. The Morgan fingerprint density at radius 3 is 2.41 bits per heavy atom. The maximum absolute atomic E-state index is 15.0. The summed E-state index contributed by atoms with van der Waals surface area (Å²) in [6.07, 6.45) is -4.54. The van der Waals surface area contributed by atoms with E-state index >= 15 is 0 Å². The van der Waals surface area contributed by atoms with Gasteiger partial charge in [-0.25, -0.2) is 4.39 Å². The molecule has 2 fully saturated rings. The van der Waals surface area contributed by atoms with Gasteiger partial charge in [-0.1, -0.05) is 12.1 Å². The number of anilines is 3. The maximum Gasteiger partial charge on any atom is 0.315 e. The molecule has 0 saturated carbocycles. The van der Waals surface area contributed by atoms with Crippen LogP contribution >= 0.6 is 0 Å². The van der Waals surface area contributed by atoms with Crippen LogP contribution in [0.4, 0.5) is 30.2 Å². The van der Waals surface area contributed by atoms with Gasteiger partial charge in [-0.2, -0.15) is 13.8 Å². The van der Waals surface area contributed by atoms with Crippen LogP contribution in [-0.4, -0.2) is 99.4 Å². The molecule has 3 N–H and O–H groups in total. The fraction of sp³-hybridized carbons (Fsp3) is 0.500. The summed E-state index contributed by atoms with van der Waals surface area (Å²) in [5.74, 6) is -2.09. The number of ether oxygens (including phenoxy) is 1. The van der Waals surface area contributed by atoms with Crippen molar-refractivity contribution < 1.29 is 37.9 Å². The second-order valence-electron chi connectivity index (χ2n) is 9.37. The number of alkyl halides is 2. The van der Waals surface area contributed by atoms with Crippen molar-refractivity contribution in [3.8, 4) is 0 Å². The van der Waals surface area contributed by atoms with Gasteiger partial charge in [-0.05, 0) is 29.8 Å². The van der Waals surface area contributed by atoms with E-state index < -0.39 is 37.3 Å². The smallest absolute Gasteiger partial charge is 0.315 e. The van der Waals surface area contributed by atoms with Gasteiger partial charge in [0.2, 0.25) is 0 Å². The average molecular weight is 554 g/mol. The number of nitrogens with zero attached hydrogens (tertiary/aromatic N) is 4. The Labute approximate surface area is 225 Å². The van der Waals surface area contributed by atoms with Crippen molar-refractivity contribution in [3.05, 3.63) is 53.8 Å². The van der Waals surface area contributed by atoms with Gasteiger partial charge < -0.3 is 25.0 Å². The molecule has 2 aromatic rings. The highest BCUT2D eigenvalue weighted by atomic mass is 19.3. The molecule has 1 amide bonds. The number of amides is 1. The quantitative estimate of drug-likeness (QED) is 0.381. The molecule has 39 heavy (non-hydrogen) atoms. The molecule has 0 aromatic heterocycles. The lowest BCUT2D eigenvalue weighted by Crippen LogP contribution is -2.41. The summed E-state index contributed by atoms with van der Waals surface area (Å²) in [6.45, 7) is 4.83. The molecule has 4 rings (SSSR count). The van der Waals surface area contributed by atoms with Crippen molar-refractivity contribution in [2.75, 3.05) is 80.5 Å². The van der Waals surface area contributed by atoms with Gasteiger partial charge >= 0.3 is 6.43 Å². The van der Waals surface area contributed by atoms with Crippen LogP contribution in [0.1, 0.15) is 5.56 Å². The van der Waals surface area contributed by atoms with Gasteiger partial charge in [-0.15, -0.1) is 0 Å². The number of carbonyl (C=O) groups is 1. The molecular formula is C26H34F3N5O5. The number of aliphatic hydroxyl groups is 1. The zero-order valence-electron chi connectivity index (χ0n) is 21.5. The van der Waals surface area contributed by atoms with Crippen molar-refractivity contribution in [3.63, 3.8) is 0 Å². The molecule has 0 radical (unpaired) electrons. The molecule has 2 aliphatic heterocycles. The molecule has 2 heterocycles. The number of hydroxylamine groups is 3. The molecule has 0 spiro atoms. The maximum atomic E-state index is 15.0. The van der Waals surface area contributed by atoms with Crippen LogP contribution in [0.2, 0.25) is 0 Å². The zero-order valence-corrected chi connectivity index (χ0v) is 21.5. The van der Waals surface area contributed by atoms with Crippen LogP contribution in [0.15, 0.2) is 42.5 Å². The molecular weight excluding hydrogens is 519 g/mol. The van der Waals surface area contributed by atoms with Crippen molar-refractivity contribution in [2.24, 2.45) is 0 Å². The number of benzene rings is 2. The van der Waals surface area contributed by atoms with Gasteiger partial charge in [0, 0.05) is 57.6 Å². The number of nitrogens with one attached hydrogen (secondary N) is 1. The molecule has 1 atom stereocenters. The first-order chi connectivity index (χ1) is 18.8. The lowest BCUT2D eigenvalue weighted by atomic mass is 10.2. The molecule has 13 heteroatoms.